The predicted molar refractivity (Wildman–Crippen MR) is 112 cm³/mol. The number of carbonyl (C=O) groups excluding carboxylic acids is 1. The SMILES string of the molecule is CC(=O)Nc1cc2c(=O)n(Cc3ccccc3)c(C)nc2cc1N1CCCC1. The molecule has 1 fully saturated rings. The van der Waals surface area contributed by atoms with E-state index in [1.54, 1.807) is 10.6 Å². The summed E-state index contributed by atoms with van der Waals surface area (Å²) in [4.78, 5) is 31.9. The lowest BCUT2D eigenvalue weighted by atomic mass is 10.1. The molecule has 0 radical (unpaired) electrons. The zero-order valence-corrected chi connectivity index (χ0v) is 16.2. The van der Waals surface area contributed by atoms with Gasteiger partial charge in [0.15, 0.2) is 0 Å². The van der Waals surface area contributed by atoms with E-state index in [2.05, 4.69) is 10.2 Å². The number of amides is 1. The van der Waals surface area contributed by atoms with Crippen LogP contribution >= 0.6 is 0 Å². The van der Waals surface area contributed by atoms with Gasteiger partial charge in [0, 0.05) is 20.0 Å². The van der Waals surface area contributed by atoms with Crippen LogP contribution in [0.1, 0.15) is 31.2 Å². The summed E-state index contributed by atoms with van der Waals surface area (Å²) in [6.45, 7) is 5.71. The van der Waals surface area contributed by atoms with Crippen LogP contribution in [0.3, 0.4) is 0 Å². The maximum absolute atomic E-state index is 13.2. The van der Waals surface area contributed by atoms with Gasteiger partial charge in [-0.2, -0.15) is 0 Å². The van der Waals surface area contributed by atoms with Gasteiger partial charge in [0.2, 0.25) is 5.91 Å². The molecule has 28 heavy (non-hydrogen) atoms. The third-order valence-electron chi connectivity index (χ3n) is 5.20. The maximum atomic E-state index is 13.2. The summed E-state index contributed by atoms with van der Waals surface area (Å²) in [5.41, 5.74) is 3.24. The first-order chi connectivity index (χ1) is 13.5. The molecule has 1 aliphatic rings. The fraction of sp³-hybridized carbons (Fsp3) is 0.318. The van der Waals surface area contributed by atoms with E-state index >= 15 is 0 Å². The number of nitrogens with one attached hydrogen (secondary N) is 1. The van der Waals surface area contributed by atoms with Crippen molar-refractivity contribution in [1.29, 1.82) is 0 Å². The Morgan fingerprint density at radius 1 is 1.14 bits per heavy atom. The Morgan fingerprint density at radius 3 is 2.54 bits per heavy atom. The second-order valence-corrected chi connectivity index (χ2v) is 7.30. The minimum Gasteiger partial charge on any atom is -0.370 e. The zero-order chi connectivity index (χ0) is 19.7. The van der Waals surface area contributed by atoms with Crippen LogP contribution in [0.4, 0.5) is 11.4 Å². The van der Waals surface area contributed by atoms with E-state index in [0.717, 1.165) is 37.2 Å². The number of aromatic nitrogens is 2. The standard InChI is InChI=1S/C22H24N4O2/c1-15-23-19-13-21(25-10-6-7-11-25)20(24-16(2)27)12-18(19)22(28)26(15)14-17-8-4-3-5-9-17/h3-5,8-9,12-13H,6-7,10-11,14H2,1-2H3,(H,24,27). The molecule has 1 N–H and O–H groups in total. The Morgan fingerprint density at radius 2 is 1.86 bits per heavy atom. The van der Waals surface area contributed by atoms with E-state index in [1.807, 2.05) is 43.3 Å². The minimum absolute atomic E-state index is 0.0917. The predicted octanol–water partition coefficient (Wildman–Crippen LogP) is 3.31. The molecule has 3 aromatic rings. The van der Waals surface area contributed by atoms with Gasteiger partial charge in [0.25, 0.3) is 5.56 Å². The van der Waals surface area contributed by atoms with E-state index in [9.17, 15) is 9.59 Å². The van der Waals surface area contributed by atoms with Crippen LogP contribution in [0, 0.1) is 6.92 Å². The van der Waals surface area contributed by atoms with Crippen LogP contribution in [-0.2, 0) is 11.3 Å². The number of nitrogens with zero attached hydrogens (tertiary/aromatic N) is 3. The van der Waals surface area contributed by atoms with Gasteiger partial charge in [-0.1, -0.05) is 30.3 Å². The Labute approximate surface area is 163 Å². The first-order valence-electron chi connectivity index (χ1n) is 9.64. The van der Waals surface area contributed by atoms with Gasteiger partial charge in [0.1, 0.15) is 5.82 Å². The minimum atomic E-state index is -0.149. The molecule has 1 aliphatic heterocycles. The molecule has 0 unspecified atom stereocenters. The number of aryl methyl sites for hydroxylation is 1. The fourth-order valence-corrected chi connectivity index (χ4v) is 3.83. The highest BCUT2D eigenvalue weighted by atomic mass is 16.1. The van der Waals surface area contributed by atoms with Crippen LogP contribution in [0.25, 0.3) is 10.9 Å². The van der Waals surface area contributed by atoms with Crippen molar-refractivity contribution in [3.05, 3.63) is 64.2 Å². The number of benzene rings is 2. The molecule has 0 spiro atoms. The van der Waals surface area contributed by atoms with Crippen LogP contribution in [0.5, 0.6) is 0 Å². The van der Waals surface area contributed by atoms with E-state index in [1.165, 1.54) is 6.92 Å². The van der Waals surface area contributed by atoms with Crippen molar-refractivity contribution in [3.63, 3.8) is 0 Å². The van der Waals surface area contributed by atoms with Crippen LogP contribution in [0.2, 0.25) is 0 Å². The average molecular weight is 376 g/mol. The summed E-state index contributed by atoms with van der Waals surface area (Å²) in [7, 11) is 0. The topological polar surface area (TPSA) is 67.2 Å². The molecule has 0 atom stereocenters. The number of carbonyl (C=O) groups is 1. The van der Waals surface area contributed by atoms with E-state index in [0.29, 0.717) is 29.0 Å². The average Bonchev–Trinajstić information content (AvgIpc) is 3.20. The highest BCUT2D eigenvalue weighted by Gasteiger charge is 2.19. The van der Waals surface area contributed by atoms with Gasteiger partial charge in [0.05, 0.1) is 28.8 Å². The van der Waals surface area contributed by atoms with Gasteiger partial charge in [-0.25, -0.2) is 4.98 Å². The van der Waals surface area contributed by atoms with Crippen molar-refractivity contribution >= 4 is 28.2 Å². The molecule has 144 valence electrons. The van der Waals surface area contributed by atoms with Crippen molar-refractivity contribution in [3.8, 4) is 0 Å². The Bertz CT molecular complexity index is 1080. The first kappa shape index (κ1) is 18.2. The smallest absolute Gasteiger partial charge is 0.261 e. The molecule has 0 aliphatic carbocycles. The Hall–Kier alpha value is -3.15. The summed E-state index contributed by atoms with van der Waals surface area (Å²) in [6, 6.07) is 13.6. The van der Waals surface area contributed by atoms with Crippen molar-refractivity contribution in [2.75, 3.05) is 23.3 Å². The summed E-state index contributed by atoms with van der Waals surface area (Å²) in [5, 5.41) is 3.42. The van der Waals surface area contributed by atoms with Gasteiger partial charge < -0.3 is 10.2 Å². The van der Waals surface area contributed by atoms with E-state index in [4.69, 9.17) is 4.98 Å². The summed E-state index contributed by atoms with van der Waals surface area (Å²) in [5.74, 6) is 0.533. The molecular formula is C22H24N4O2. The first-order valence-corrected chi connectivity index (χ1v) is 9.64. The molecule has 2 heterocycles. The molecule has 6 nitrogen and oxygen atoms in total. The monoisotopic (exact) mass is 376 g/mol. The number of rotatable bonds is 4. The van der Waals surface area contributed by atoms with Crippen LogP contribution in [0.15, 0.2) is 47.3 Å². The van der Waals surface area contributed by atoms with E-state index < -0.39 is 0 Å². The third kappa shape index (κ3) is 3.50. The number of hydrogen-bond acceptors (Lipinski definition) is 4. The lowest BCUT2D eigenvalue weighted by Crippen LogP contribution is -2.26. The fourth-order valence-electron chi connectivity index (χ4n) is 3.83. The molecule has 4 rings (SSSR count). The highest BCUT2D eigenvalue weighted by molar-refractivity contribution is 5.98. The molecule has 0 bridgehead atoms. The van der Waals surface area contributed by atoms with E-state index in [-0.39, 0.29) is 11.5 Å². The van der Waals surface area contributed by atoms with Crippen LogP contribution in [-0.4, -0.2) is 28.5 Å². The van der Waals surface area contributed by atoms with Crippen LogP contribution < -0.4 is 15.8 Å². The highest BCUT2D eigenvalue weighted by Crippen LogP contribution is 2.32. The second-order valence-electron chi connectivity index (χ2n) is 7.30. The van der Waals surface area contributed by atoms with Gasteiger partial charge in [-0.3, -0.25) is 14.2 Å². The number of hydrogen-bond donors (Lipinski definition) is 1. The molecule has 0 saturated carbocycles. The molecule has 1 saturated heterocycles. The molecule has 6 heteroatoms. The van der Waals surface area contributed by atoms with Crippen molar-refractivity contribution in [2.24, 2.45) is 0 Å². The van der Waals surface area contributed by atoms with Gasteiger partial charge in [-0.05, 0) is 37.5 Å². The molecule has 1 aromatic heterocycles. The Balaban J connectivity index is 1.86. The number of fused-ring (bicyclic) bond motifs is 1. The second kappa shape index (κ2) is 7.46. The summed E-state index contributed by atoms with van der Waals surface area (Å²) in [6.07, 6.45) is 2.26. The molecule has 1 amide bonds. The largest absolute Gasteiger partial charge is 0.370 e. The normalized spacial score (nSPS) is 13.9. The zero-order valence-electron chi connectivity index (χ0n) is 16.2. The van der Waals surface area contributed by atoms with Crippen molar-refractivity contribution in [1.82, 2.24) is 9.55 Å². The van der Waals surface area contributed by atoms with Gasteiger partial charge in [-0.15, -0.1) is 0 Å². The lowest BCUT2D eigenvalue weighted by Gasteiger charge is -2.22. The quantitative estimate of drug-likeness (QED) is 0.759. The third-order valence-corrected chi connectivity index (χ3v) is 5.20. The maximum Gasteiger partial charge on any atom is 0.261 e. The summed E-state index contributed by atoms with van der Waals surface area (Å²) < 4.78 is 1.69. The number of anilines is 2. The summed E-state index contributed by atoms with van der Waals surface area (Å²) >= 11 is 0. The molecular weight excluding hydrogens is 352 g/mol. The lowest BCUT2D eigenvalue weighted by molar-refractivity contribution is -0.114. The van der Waals surface area contributed by atoms with Crippen molar-refractivity contribution < 1.29 is 4.79 Å². The van der Waals surface area contributed by atoms with Crippen molar-refractivity contribution in [2.45, 2.75) is 33.2 Å². The molecule has 2 aromatic carbocycles. The van der Waals surface area contributed by atoms with Gasteiger partial charge >= 0.3 is 0 Å². The Kier molecular flexibility index (Phi) is 4.86.